The predicted octanol–water partition coefficient (Wildman–Crippen LogP) is 1.60. The molecule has 1 fully saturated rings. The number of amides is 2. The summed E-state index contributed by atoms with van der Waals surface area (Å²) in [6, 6.07) is 5.76. The van der Waals surface area contributed by atoms with Crippen molar-refractivity contribution >= 4 is 11.8 Å². The molecule has 1 N–H and O–H groups in total. The Labute approximate surface area is 147 Å². The molecule has 138 valence electrons. The third-order valence-corrected chi connectivity index (χ3v) is 4.11. The Hall–Kier alpha value is -1.99. The molecule has 2 rings (SSSR count). The number of hydrogen-bond acceptors (Lipinski definition) is 4. The zero-order valence-electron chi connectivity index (χ0n) is 14.5. The predicted molar refractivity (Wildman–Crippen MR) is 90.8 cm³/mol. The molecule has 0 spiro atoms. The average molecular weight is 352 g/mol. The molecule has 0 radical (unpaired) electrons. The summed E-state index contributed by atoms with van der Waals surface area (Å²) in [5, 5.41) is 2.59. The first-order chi connectivity index (χ1) is 12.1. The van der Waals surface area contributed by atoms with Crippen LogP contribution in [-0.4, -0.2) is 62.8 Å². The third kappa shape index (κ3) is 6.10. The number of nitrogens with zero attached hydrogens (tertiary/aromatic N) is 1. The highest BCUT2D eigenvalue weighted by Gasteiger charge is 2.22. The van der Waals surface area contributed by atoms with Crippen LogP contribution in [0.5, 0.6) is 0 Å². The van der Waals surface area contributed by atoms with Gasteiger partial charge in [0.05, 0.1) is 18.3 Å². The number of halogens is 1. The summed E-state index contributed by atoms with van der Waals surface area (Å²) in [5.74, 6) is -1.18. The van der Waals surface area contributed by atoms with Crippen molar-refractivity contribution in [2.24, 2.45) is 0 Å². The second-order valence-electron chi connectivity index (χ2n) is 5.95. The molecule has 1 atom stereocenters. The number of benzene rings is 1. The van der Waals surface area contributed by atoms with Crippen molar-refractivity contribution in [3.8, 4) is 0 Å². The Morgan fingerprint density at radius 1 is 1.40 bits per heavy atom. The van der Waals surface area contributed by atoms with E-state index < -0.39 is 11.7 Å². The van der Waals surface area contributed by atoms with Gasteiger partial charge in [-0.1, -0.05) is 12.1 Å². The van der Waals surface area contributed by atoms with E-state index in [2.05, 4.69) is 5.32 Å². The summed E-state index contributed by atoms with van der Waals surface area (Å²) in [4.78, 5) is 26.1. The third-order valence-electron chi connectivity index (χ3n) is 4.11. The second kappa shape index (κ2) is 10.1. The topological polar surface area (TPSA) is 67.9 Å². The molecule has 1 aromatic rings. The van der Waals surface area contributed by atoms with Crippen LogP contribution >= 0.6 is 0 Å². The average Bonchev–Trinajstić information content (AvgIpc) is 3.11. The van der Waals surface area contributed by atoms with E-state index in [0.29, 0.717) is 19.7 Å². The summed E-state index contributed by atoms with van der Waals surface area (Å²) >= 11 is 0. The first-order valence-corrected chi connectivity index (χ1v) is 8.53. The molecule has 0 aliphatic carbocycles. The van der Waals surface area contributed by atoms with Crippen molar-refractivity contribution in [3.05, 3.63) is 35.6 Å². The van der Waals surface area contributed by atoms with Gasteiger partial charge >= 0.3 is 0 Å². The van der Waals surface area contributed by atoms with E-state index in [9.17, 15) is 14.0 Å². The van der Waals surface area contributed by atoms with Crippen molar-refractivity contribution in [1.29, 1.82) is 0 Å². The SMILES string of the molecule is COCCN(C[C@@H]1CCCO1)C(=O)CCNC(=O)c1ccccc1F. The van der Waals surface area contributed by atoms with E-state index >= 15 is 0 Å². The Morgan fingerprint density at radius 3 is 2.88 bits per heavy atom. The largest absolute Gasteiger partial charge is 0.383 e. The van der Waals surface area contributed by atoms with Crippen molar-refractivity contribution < 1.29 is 23.5 Å². The Bertz CT molecular complexity index is 576. The van der Waals surface area contributed by atoms with Gasteiger partial charge in [0.1, 0.15) is 5.82 Å². The minimum atomic E-state index is -0.577. The molecule has 1 heterocycles. The van der Waals surface area contributed by atoms with Crippen LogP contribution in [0.25, 0.3) is 0 Å². The van der Waals surface area contributed by atoms with Crippen LogP contribution in [0.2, 0.25) is 0 Å². The maximum absolute atomic E-state index is 13.6. The van der Waals surface area contributed by atoms with Crippen LogP contribution in [0.1, 0.15) is 29.6 Å². The molecule has 25 heavy (non-hydrogen) atoms. The lowest BCUT2D eigenvalue weighted by atomic mass is 10.2. The standard InChI is InChI=1S/C18H25FN2O4/c1-24-12-10-21(13-14-5-4-11-25-14)17(22)8-9-20-18(23)15-6-2-3-7-16(15)19/h2-3,6-7,14H,4-5,8-13H2,1H3,(H,20,23)/t14-/m0/s1. The van der Waals surface area contributed by atoms with Crippen LogP contribution in [0, 0.1) is 5.82 Å². The van der Waals surface area contributed by atoms with Gasteiger partial charge in [-0.2, -0.15) is 0 Å². The van der Waals surface area contributed by atoms with Crippen LogP contribution in [0.3, 0.4) is 0 Å². The number of carbonyl (C=O) groups is 2. The van der Waals surface area contributed by atoms with Crippen LogP contribution in [0.15, 0.2) is 24.3 Å². The molecule has 0 unspecified atom stereocenters. The maximum atomic E-state index is 13.6. The molecular weight excluding hydrogens is 327 g/mol. The highest BCUT2D eigenvalue weighted by molar-refractivity contribution is 5.94. The summed E-state index contributed by atoms with van der Waals surface area (Å²) in [5.41, 5.74) is -0.0226. The van der Waals surface area contributed by atoms with Gasteiger partial charge in [-0.15, -0.1) is 0 Å². The van der Waals surface area contributed by atoms with E-state index in [0.717, 1.165) is 19.4 Å². The number of carbonyl (C=O) groups excluding carboxylic acids is 2. The van der Waals surface area contributed by atoms with Gasteiger partial charge in [0, 0.05) is 39.8 Å². The minimum Gasteiger partial charge on any atom is -0.383 e. The Kier molecular flexibility index (Phi) is 7.81. The van der Waals surface area contributed by atoms with Crippen molar-refractivity contribution in [2.75, 3.05) is 40.0 Å². The Morgan fingerprint density at radius 2 is 2.20 bits per heavy atom. The smallest absolute Gasteiger partial charge is 0.254 e. The monoisotopic (exact) mass is 352 g/mol. The summed E-state index contributed by atoms with van der Waals surface area (Å²) in [6.45, 7) is 2.34. The number of nitrogens with one attached hydrogen (secondary N) is 1. The lowest BCUT2D eigenvalue weighted by molar-refractivity contribution is -0.133. The van der Waals surface area contributed by atoms with Gasteiger partial charge in [0.2, 0.25) is 5.91 Å². The normalized spacial score (nSPS) is 16.6. The van der Waals surface area contributed by atoms with Crippen molar-refractivity contribution in [3.63, 3.8) is 0 Å². The molecule has 0 bridgehead atoms. The number of hydrogen-bond donors (Lipinski definition) is 1. The first-order valence-electron chi connectivity index (χ1n) is 8.53. The van der Waals surface area contributed by atoms with Gasteiger partial charge in [-0.25, -0.2) is 4.39 Å². The van der Waals surface area contributed by atoms with Gasteiger partial charge in [0.25, 0.3) is 5.91 Å². The van der Waals surface area contributed by atoms with E-state index in [-0.39, 0.29) is 30.5 Å². The van der Waals surface area contributed by atoms with E-state index in [1.807, 2.05) is 0 Å². The molecule has 1 aliphatic heterocycles. The molecule has 1 aromatic carbocycles. The fraction of sp³-hybridized carbons (Fsp3) is 0.556. The van der Waals surface area contributed by atoms with Gasteiger partial charge in [-0.3, -0.25) is 9.59 Å². The number of methoxy groups -OCH3 is 1. The fourth-order valence-corrected chi connectivity index (χ4v) is 2.74. The van der Waals surface area contributed by atoms with Crippen LogP contribution in [0.4, 0.5) is 4.39 Å². The van der Waals surface area contributed by atoms with Gasteiger partial charge in [0.15, 0.2) is 0 Å². The first kappa shape index (κ1) is 19.3. The lowest BCUT2D eigenvalue weighted by Gasteiger charge is -2.25. The number of rotatable bonds is 9. The van der Waals surface area contributed by atoms with Crippen LogP contribution in [-0.2, 0) is 14.3 Å². The van der Waals surface area contributed by atoms with Gasteiger partial charge in [-0.05, 0) is 25.0 Å². The molecule has 0 aromatic heterocycles. The maximum Gasteiger partial charge on any atom is 0.254 e. The zero-order valence-corrected chi connectivity index (χ0v) is 14.5. The quantitative estimate of drug-likeness (QED) is 0.733. The summed E-state index contributed by atoms with van der Waals surface area (Å²) in [7, 11) is 1.59. The van der Waals surface area contributed by atoms with Crippen molar-refractivity contribution in [2.45, 2.75) is 25.4 Å². The van der Waals surface area contributed by atoms with E-state index in [1.54, 1.807) is 18.1 Å². The minimum absolute atomic E-state index is 0.0226. The molecule has 7 heteroatoms. The molecule has 1 aliphatic rings. The molecular formula is C18H25FN2O4. The Balaban J connectivity index is 1.80. The lowest BCUT2D eigenvalue weighted by Crippen LogP contribution is -2.41. The number of ether oxygens (including phenoxy) is 2. The van der Waals surface area contributed by atoms with E-state index in [4.69, 9.17) is 9.47 Å². The second-order valence-corrected chi connectivity index (χ2v) is 5.95. The molecule has 6 nitrogen and oxygen atoms in total. The van der Waals surface area contributed by atoms with Gasteiger partial charge < -0.3 is 19.7 Å². The highest BCUT2D eigenvalue weighted by atomic mass is 19.1. The fourth-order valence-electron chi connectivity index (χ4n) is 2.74. The zero-order chi connectivity index (χ0) is 18.1. The molecule has 0 saturated carbocycles. The summed E-state index contributed by atoms with van der Waals surface area (Å²) in [6.07, 6.45) is 2.17. The van der Waals surface area contributed by atoms with Crippen molar-refractivity contribution in [1.82, 2.24) is 10.2 Å². The van der Waals surface area contributed by atoms with Crippen LogP contribution < -0.4 is 5.32 Å². The molecule has 2 amide bonds. The molecule has 1 saturated heterocycles. The van der Waals surface area contributed by atoms with E-state index in [1.165, 1.54) is 18.2 Å². The summed E-state index contributed by atoms with van der Waals surface area (Å²) < 4.78 is 24.2. The highest BCUT2D eigenvalue weighted by Crippen LogP contribution is 2.14.